The van der Waals surface area contributed by atoms with Crippen molar-refractivity contribution in [2.75, 3.05) is 5.75 Å². The fourth-order valence-corrected chi connectivity index (χ4v) is 7.64. The van der Waals surface area contributed by atoms with Gasteiger partial charge in [-0.05, 0) is 42.5 Å². The standard InChI is InChI=1S/C36H48N4O7S/c1-4-13-29(14-5-2)48(46,47)24-31(40-35(44)28-19-12-20-37-23-28)36(45)39-30(21-26-15-8-6-9-16-26)33(42)32(41)25(3)34(43)38-22-27-17-10-7-11-18-27/h6-12,15-20,23,25,29-33,41-42H,4-5,13-14,21-22,24H2,1-3H3,(H,38,43)(H,39,45)(H,40,44). The third-order valence-corrected chi connectivity index (χ3v) is 10.6. The van der Waals surface area contributed by atoms with Crippen molar-refractivity contribution in [3.05, 3.63) is 102 Å². The van der Waals surface area contributed by atoms with Crippen molar-refractivity contribution in [2.24, 2.45) is 5.92 Å². The molecular weight excluding hydrogens is 632 g/mol. The van der Waals surface area contributed by atoms with Crippen LogP contribution in [0, 0.1) is 5.92 Å². The van der Waals surface area contributed by atoms with Crippen LogP contribution in [0.3, 0.4) is 0 Å². The minimum atomic E-state index is -3.86. The molecule has 11 nitrogen and oxygen atoms in total. The van der Waals surface area contributed by atoms with E-state index in [0.717, 1.165) is 5.56 Å². The number of aliphatic hydroxyl groups is 2. The molecule has 0 aliphatic carbocycles. The first-order valence-electron chi connectivity index (χ1n) is 16.4. The van der Waals surface area contributed by atoms with E-state index in [1.165, 1.54) is 25.4 Å². The van der Waals surface area contributed by atoms with Crippen LogP contribution in [0.25, 0.3) is 0 Å². The molecule has 5 unspecified atom stereocenters. The Bertz CT molecular complexity index is 1540. The summed E-state index contributed by atoms with van der Waals surface area (Å²) in [7, 11) is -3.86. The Morgan fingerprint density at radius 1 is 0.792 bits per heavy atom. The molecule has 3 rings (SSSR count). The Labute approximate surface area is 283 Å². The summed E-state index contributed by atoms with van der Waals surface area (Å²) in [5, 5.41) is 30.0. The van der Waals surface area contributed by atoms with E-state index in [1.54, 1.807) is 36.4 Å². The van der Waals surface area contributed by atoms with Crippen molar-refractivity contribution < 1.29 is 33.0 Å². The maximum Gasteiger partial charge on any atom is 0.253 e. The maximum absolute atomic E-state index is 13.9. The molecule has 48 heavy (non-hydrogen) atoms. The number of nitrogens with zero attached hydrogens (tertiary/aromatic N) is 1. The maximum atomic E-state index is 13.9. The van der Waals surface area contributed by atoms with Gasteiger partial charge in [0.15, 0.2) is 9.84 Å². The van der Waals surface area contributed by atoms with E-state index in [-0.39, 0.29) is 18.5 Å². The van der Waals surface area contributed by atoms with Crippen molar-refractivity contribution >= 4 is 27.6 Å². The van der Waals surface area contributed by atoms with Crippen LogP contribution < -0.4 is 16.0 Å². The third kappa shape index (κ3) is 11.5. The smallest absolute Gasteiger partial charge is 0.253 e. The highest BCUT2D eigenvalue weighted by molar-refractivity contribution is 7.92. The molecule has 3 amide bonds. The number of aromatic nitrogens is 1. The molecule has 3 aromatic rings. The third-order valence-electron chi connectivity index (χ3n) is 8.30. The van der Waals surface area contributed by atoms with E-state index < -0.39 is 68.8 Å². The largest absolute Gasteiger partial charge is 0.390 e. The second-order valence-corrected chi connectivity index (χ2v) is 14.4. The molecule has 12 heteroatoms. The number of hydrogen-bond donors (Lipinski definition) is 5. The van der Waals surface area contributed by atoms with E-state index in [1.807, 2.05) is 44.2 Å². The van der Waals surface area contributed by atoms with Gasteiger partial charge in [0.05, 0.1) is 34.6 Å². The van der Waals surface area contributed by atoms with Gasteiger partial charge in [-0.1, -0.05) is 94.3 Å². The number of sulfone groups is 1. The summed E-state index contributed by atoms with van der Waals surface area (Å²) in [6.07, 6.45) is 1.68. The van der Waals surface area contributed by atoms with Gasteiger partial charge in [-0.2, -0.15) is 0 Å². The van der Waals surface area contributed by atoms with Crippen LogP contribution in [0.15, 0.2) is 85.2 Å². The molecule has 0 fully saturated rings. The van der Waals surface area contributed by atoms with Gasteiger partial charge in [-0.25, -0.2) is 8.42 Å². The number of nitrogens with one attached hydrogen (secondary N) is 3. The van der Waals surface area contributed by atoms with Crippen LogP contribution in [0.5, 0.6) is 0 Å². The van der Waals surface area contributed by atoms with Gasteiger partial charge in [0.25, 0.3) is 5.91 Å². The number of hydrogen-bond acceptors (Lipinski definition) is 8. The highest BCUT2D eigenvalue weighted by atomic mass is 32.2. The van der Waals surface area contributed by atoms with E-state index in [9.17, 15) is 33.0 Å². The summed E-state index contributed by atoms with van der Waals surface area (Å²) in [6, 6.07) is 18.5. The minimum Gasteiger partial charge on any atom is -0.390 e. The number of amides is 3. The predicted octanol–water partition coefficient (Wildman–Crippen LogP) is 2.97. The van der Waals surface area contributed by atoms with Gasteiger partial charge in [0.1, 0.15) is 12.1 Å². The molecule has 5 atom stereocenters. The first-order valence-corrected chi connectivity index (χ1v) is 18.1. The topological polar surface area (TPSA) is 175 Å². The summed E-state index contributed by atoms with van der Waals surface area (Å²) in [4.78, 5) is 44.0. The monoisotopic (exact) mass is 680 g/mol. The molecule has 5 N–H and O–H groups in total. The van der Waals surface area contributed by atoms with Crippen LogP contribution in [0.4, 0.5) is 0 Å². The van der Waals surface area contributed by atoms with Gasteiger partial charge >= 0.3 is 0 Å². The summed E-state index contributed by atoms with van der Waals surface area (Å²) >= 11 is 0. The lowest BCUT2D eigenvalue weighted by Gasteiger charge is -2.32. The van der Waals surface area contributed by atoms with Gasteiger partial charge in [0.2, 0.25) is 11.8 Å². The number of pyridine rings is 1. The molecule has 2 aromatic carbocycles. The van der Waals surface area contributed by atoms with Gasteiger partial charge in [-0.3, -0.25) is 19.4 Å². The molecule has 1 aromatic heterocycles. The quantitative estimate of drug-likeness (QED) is 0.128. The fourth-order valence-electron chi connectivity index (χ4n) is 5.48. The van der Waals surface area contributed by atoms with Crippen LogP contribution in [0.2, 0.25) is 0 Å². The number of rotatable bonds is 19. The molecular formula is C36H48N4O7S. The summed E-state index contributed by atoms with van der Waals surface area (Å²) in [6.45, 7) is 5.47. The Morgan fingerprint density at radius 3 is 1.96 bits per heavy atom. The second kappa shape index (κ2) is 19.0. The zero-order valence-electron chi connectivity index (χ0n) is 27.8. The Morgan fingerprint density at radius 2 is 1.40 bits per heavy atom. The van der Waals surface area contributed by atoms with Gasteiger partial charge < -0.3 is 26.2 Å². The zero-order valence-corrected chi connectivity index (χ0v) is 28.6. The number of carbonyl (C=O) groups excluding carboxylic acids is 3. The number of benzene rings is 2. The number of carbonyl (C=O) groups is 3. The zero-order chi connectivity index (χ0) is 35.1. The SMILES string of the molecule is CCCC(CCC)S(=O)(=O)CC(NC(=O)c1cccnc1)C(=O)NC(Cc1ccccc1)C(O)C(O)C(C)C(=O)NCc1ccccc1. The fraction of sp³-hybridized carbons (Fsp3) is 0.444. The lowest BCUT2D eigenvalue weighted by Crippen LogP contribution is -2.58. The van der Waals surface area contributed by atoms with Crippen LogP contribution in [-0.4, -0.2) is 76.6 Å². The molecule has 0 spiro atoms. The van der Waals surface area contributed by atoms with Gasteiger partial charge in [-0.15, -0.1) is 0 Å². The van der Waals surface area contributed by atoms with E-state index in [4.69, 9.17) is 0 Å². The van der Waals surface area contributed by atoms with Crippen LogP contribution >= 0.6 is 0 Å². The molecule has 0 radical (unpaired) electrons. The van der Waals surface area contributed by atoms with E-state index in [0.29, 0.717) is 31.2 Å². The predicted molar refractivity (Wildman–Crippen MR) is 184 cm³/mol. The van der Waals surface area contributed by atoms with E-state index in [2.05, 4.69) is 20.9 Å². The summed E-state index contributed by atoms with van der Waals surface area (Å²) in [5.41, 5.74) is 1.71. The second-order valence-electron chi connectivity index (χ2n) is 12.1. The average molecular weight is 681 g/mol. The molecule has 1 heterocycles. The van der Waals surface area contributed by atoms with Crippen molar-refractivity contribution in [3.63, 3.8) is 0 Å². The number of aliphatic hydroxyl groups excluding tert-OH is 2. The summed E-state index contributed by atoms with van der Waals surface area (Å²) in [5.74, 6) is -3.77. The van der Waals surface area contributed by atoms with Crippen molar-refractivity contribution in [2.45, 2.75) is 89.0 Å². The molecule has 260 valence electrons. The van der Waals surface area contributed by atoms with Gasteiger partial charge in [0, 0.05) is 18.9 Å². The van der Waals surface area contributed by atoms with Crippen molar-refractivity contribution in [3.8, 4) is 0 Å². The lowest BCUT2D eigenvalue weighted by atomic mass is 9.90. The van der Waals surface area contributed by atoms with Crippen LogP contribution in [-0.2, 0) is 32.4 Å². The van der Waals surface area contributed by atoms with Crippen molar-refractivity contribution in [1.82, 2.24) is 20.9 Å². The normalized spacial score (nSPS) is 14.7. The highest BCUT2D eigenvalue weighted by Gasteiger charge is 2.37. The Kier molecular flexibility index (Phi) is 15.2. The first kappa shape index (κ1) is 38.3. The average Bonchev–Trinajstić information content (AvgIpc) is 3.10. The Hall–Kier alpha value is -4.13. The first-order chi connectivity index (χ1) is 23.0. The Balaban J connectivity index is 1.87. The van der Waals surface area contributed by atoms with E-state index >= 15 is 0 Å². The molecule has 0 saturated heterocycles. The highest BCUT2D eigenvalue weighted by Crippen LogP contribution is 2.19. The molecule has 0 bridgehead atoms. The molecule has 0 aliphatic rings. The minimum absolute atomic E-state index is 0.0491. The van der Waals surface area contributed by atoms with Crippen molar-refractivity contribution in [1.29, 1.82) is 0 Å². The lowest BCUT2D eigenvalue weighted by molar-refractivity contribution is -0.133. The molecule has 0 aliphatic heterocycles. The molecule has 0 saturated carbocycles. The van der Waals surface area contributed by atoms with Crippen LogP contribution in [0.1, 0.15) is 67.9 Å². The summed E-state index contributed by atoms with van der Waals surface area (Å²) < 4.78 is 27.2.